The molecule has 0 radical (unpaired) electrons. The zero-order valence-corrected chi connectivity index (χ0v) is 12.5. The Labute approximate surface area is 124 Å². The molecule has 5 nitrogen and oxygen atoms in total. The minimum Gasteiger partial charge on any atom is -0.351 e. The van der Waals surface area contributed by atoms with E-state index in [2.05, 4.69) is 27.8 Å². The average Bonchev–Trinajstić information content (AvgIpc) is 2.62. The highest BCUT2D eigenvalue weighted by atomic mass is 79.9. The van der Waals surface area contributed by atoms with Gasteiger partial charge in [0.1, 0.15) is 6.54 Å². The molecule has 20 heavy (non-hydrogen) atoms. The summed E-state index contributed by atoms with van der Waals surface area (Å²) < 4.78 is 0.729. The van der Waals surface area contributed by atoms with Crippen LogP contribution in [-0.2, 0) is 9.59 Å². The number of carbonyl (C=O) groups is 3. The molecule has 1 aliphatic rings. The van der Waals surface area contributed by atoms with Gasteiger partial charge in [0, 0.05) is 11.0 Å². The zero-order valence-electron chi connectivity index (χ0n) is 10.9. The van der Waals surface area contributed by atoms with E-state index >= 15 is 0 Å². The molecule has 6 heteroatoms. The van der Waals surface area contributed by atoms with Crippen molar-refractivity contribution in [1.82, 2.24) is 5.32 Å². The van der Waals surface area contributed by atoms with Crippen molar-refractivity contribution in [3.05, 3.63) is 40.4 Å². The summed E-state index contributed by atoms with van der Waals surface area (Å²) in [5.74, 6) is -1.59. The summed E-state index contributed by atoms with van der Waals surface area (Å²) in [7, 11) is 0. The first-order chi connectivity index (χ1) is 9.45. The highest BCUT2D eigenvalue weighted by molar-refractivity contribution is 9.10. The molecule has 0 bridgehead atoms. The van der Waals surface area contributed by atoms with E-state index in [0.29, 0.717) is 17.8 Å². The molecular weight excluding hydrogens is 324 g/mol. The fourth-order valence-corrected chi connectivity index (χ4v) is 2.71. The van der Waals surface area contributed by atoms with Crippen molar-refractivity contribution in [3.63, 3.8) is 0 Å². The zero-order chi connectivity index (χ0) is 14.9. The van der Waals surface area contributed by atoms with Gasteiger partial charge in [-0.25, -0.2) is 0 Å². The number of rotatable bonds is 4. The van der Waals surface area contributed by atoms with Crippen LogP contribution in [0.1, 0.15) is 15.9 Å². The highest BCUT2D eigenvalue weighted by Crippen LogP contribution is 2.34. The average molecular weight is 337 g/mol. The van der Waals surface area contributed by atoms with Crippen molar-refractivity contribution in [2.45, 2.75) is 6.92 Å². The topological polar surface area (TPSA) is 66.5 Å². The number of fused-ring (bicyclic) bond motifs is 1. The number of benzene rings is 1. The molecule has 2 amide bonds. The minimum absolute atomic E-state index is 0.173. The van der Waals surface area contributed by atoms with Crippen molar-refractivity contribution in [3.8, 4) is 0 Å². The van der Waals surface area contributed by atoms with Crippen LogP contribution in [0.5, 0.6) is 0 Å². The minimum atomic E-state index is -0.671. The Morgan fingerprint density at radius 1 is 1.45 bits per heavy atom. The molecule has 1 heterocycles. The maximum Gasteiger partial charge on any atom is 0.299 e. The van der Waals surface area contributed by atoms with Crippen molar-refractivity contribution >= 4 is 39.2 Å². The first-order valence-electron chi connectivity index (χ1n) is 5.99. The largest absolute Gasteiger partial charge is 0.351 e. The van der Waals surface area contributed by atoms with Crippen LogP contribution in [0.4, 0.5) is 5.69 Å². The normalized spacial score (nSPS) is 13.4. The van der Waals surface area contributed by atoms with Crippen LogP contribution in [0.3, 0.4) is 0 Å². The molecular formula is C14H13BrN2O3. The number of ketones is 1. The lowest BCUT2D eigenvalue weighted by Gasteiger charge is -2.17. The van der Waals surface area contributed by atoms with Gasteiger partial charge in [-0.3, -0.25) is 19.3 Å². The summed E-state index contributed by atoms with van der Waals surface area (Å²) in [6.45, 7) is 5.44. The number of nitrogens with one attached hydrogen (secondary N) is 1. The fraction of sp³-hybridized carbons (Fsp3) is 0.214. The third-order valence-corrected chi connectivity index (χ3v) is 3.42. The monoisotopic (exact) mass is 336 g/mol. The highest BCUT2D eigenvalue weighted by Gasteiger charge is 2.38. The summed E-state index contributed by atoms with van der Waals surface area (Å²) in [6, 6.07) is 3.41. The Morgan fingerprint density at radius 2 is 2.15 bits per heavy atom. The van der Waals surface area contributed by atoms with Gasteiger partial charge in [-0.1, -0.05) is 22.0 Å². The molecule has 0 fully saturated rings. The summed E-state index contributed by atoms with van der Waals surface area (Å²) in [6.07, 6.45) is 1.55. The van der Waals surface area contributed by atoms with Gasteiger partial charge in [0.15, 0.2) is 0 Å². The van der Waals surface area contributed by atoms with E-state index in [9.17, 15) is 14.4 Å². The number of hydrogen-bond acceptors (Lipinski definition) is 3. The van der Waals surface area contributed by atoms with Gasteiger partial charge in [0.05, 0.1) is 11.3 Å². The summed E-state index contributed by atoms with van der Waals surface area (Å²) >= 11 is 3.30. The van der Waals surface area contributed by atoms with Crippen LogP contribution in [0, 0.1) is 6.92 Å². The van der Waals surface area contributed by atoms with E-state index in [1.807, 2.05) is 0 Å². The number of anilines is 1. The van der Waals surface area contributed by atoms with Crippen LogP contribution in [0.25, 0.3) is 0 Å². The third-order valence-electron chi connectivity index (χ3n) is 2.96. The smallest absolute Gasteiger partial charge is 0.299 e. The first kappa shape index (κ1) is 14.5. The molecule has 0 spiro atoms. The van der Waals surface area contributed by atoms with Crippen LogP contribution in [-0.4, -0.2) is 30.7 Å². The van der Waals surface area contributed by atoms with Crippen LogP contribution >= 0.6 is 15.9 Å². The molecule has 1 aliphatic heterocycles. The molecule has 1 aromatic rings. The van der Waals surface area contributed by atoms with Gasteiger partial charge in [0.25, 0.3) is 11.7 Å². The number of aryl methyl sites for hydroxylation is 1. The number of hydrogen-bond donors (Lipinski definition) is 1. The van der Waals surface area contributed by atoms with Gasteiger partial charge in [-0.15, -0.1) is 6.58 Å². The van der Waals surface area contributed by atoms with Gasteiger partial charge in [-0.2, -0.15) is 0 Å². The third kappa shape index (κ3) is 2.51. The number of halogens is 1. The number of carbonyl (C=O) groups excluding carboxylic acids is 3. The Balaban J connectivity index is 2.33. The molecule has 0 saturated heterocycles. The molecule has 1 N–H and O–H groups in total. The van der Waals surface area contributed by atoms with E-state index in [-0.39, 0.29) is 12.5 Å². The van der Waals surface area contributed by atoms with E-state index in [4.69, 9.17) is 0 Å². The standard InChI is InChI=1S/C14H13BrN2O3/c1-3-4-16-11(18)7-17-12-8(2)5-9(15)6-10(12)13(19)14(17)20/h3,5-6H,1,4,7H2,2H3,(H,16,18). The van der Waals surface area contributed by atoms with Crippen molar-refractivity contribution in [2.75, 3.05) is 18.0 Å². The Morgan fingerprint density at radius 3 is 2.80 bits per heavy atom. The van der Waals surface area contributed by atoms with Gasteiger partial charge >= 0.3 is 0 Å². The van der Waals surface area contributed by atoms with E-state index < -0.39 is 11.7 Å². The molecule has 0 atom stereocenters. The maximum absolute atomic E-state index is 12.0. The lowest BCUT2D eigenvalue weighted by Crippen LogP contribution is -2.40. The van der Waals surface area contributed by atoms with Crippen molar-refractivity contribution < 1.29 is 14.4 Å². The summed E-state index contributed by atoms with van der Waals surface area (Å²) in [4.78, 5) is 36.9. The summed E-state index contributed by atoms with van der Waals surface area (Å²) in [5, 5.41) is 2.58. The number of nitrogens with zero attached hydrogens (tertiary/aromatic N) is 1. The predicted molar refractivity (Wildman–Crippen MR) is 78.8 cm³/mol. The van der Waals surface area contributed by atoms with Crippen LogP contribution < -0.4 is 10.2 Å². The Hall–Kier alpha value is -1.95. The predicted octanol–water partition coefficient (Wildman–Crippen LogP) is 1.59. The summed E-state index contributed by atoms with van der Waals surface area (Å²) in [5.41, 5.74) is 1.61. The fourth-order valence-electron chi connectivity index (χ4n) is 2.14. The molecule has 104 valence electrons. The lowest BCUT2D eigenvalue weighted by molar-refractivity contribution is -0.122. The second-order valence-corrected chi connectivity index (χ2v) is 5.35. The molecule has 1 aromatic carbocycles. The SMILES string of the molecule is C=CCNC(=O)CN1C(=O)C(=O)c2cc(Br)cc(C)c21. The van der Waals surface area contributed by atoms with Crippen molar-refractivity contribution in [1.29, 1.82) is 0 Å². The molecule has 0 unspecified atom stereocenters. The molecule has 0 saturated carbocycles. The van der Waals surface area contributed by atoms with E-state index in [0.717, 1.165) is 10.0 Å². The van der Waals surface area contributed by atoms with Gasteiger partial charge in [-0.05, 0) is 24.6 Å². The van der Waals surface area contributed by atoms with Gasteiger partial charge < -0.3 is 5.32 Å². The number of amides is 2. The molecule has 0 aliphatic carbocycles. The van der Waals surface area contributed by atoms with Crippen LogP contribution in [0.2, 0.25) is 0 Å². The second-order valence-electron chi connectivity index (χ2n) is 4.43. The first-order valence-corrected chi connectivity index (χ1v) is 6.79. The van der Waals surface area contributed by atoms with Gasteiger partial charge in [0.2, 0.25) is 5.91 Å². The van der Waals surface area contributed by atoms with E-state index in [1.165, 1.54) is 4.90 Å². The Kier molecular flexibility index (Phi) is 4.04. The quantitative estimate of drug-likeness (QED) is 0.670. The second kappa shape index (κ2) is 5.58. The molecule has 0 aromatic heterocycles. The van der Waals surface area contributed by atoms with E-state index in [1.54, 1.807) is 25.1 Å². The molecule has 2 rings (SSSR count). The maximum atomic E-state index is 12.0. The van der Waals surface area contributed by atoms with Crippen molar-refractivity contribution in [2.24, 2.45) is 0 Å². The Bertz CT molecular complexity index is 625. The number of Topliss-reactive ketones (excluding diaryl/α,β-unsaturated/α-hetero) is 1. The van der Waals surface area contributed by atoms with Crippen LogP contribution in [0.15, 0.2) is 29.3 Å². The lowest BCUT2D eigenvalue weighted by atomic mass is 10.1.